The standard InChI is InChI=1S/C23H21N3/c1-2-25-22-10-6-4-8-19(22)20-15-17(11-12-23(20)25)16-24-26-14-13-18-7-3-5-9-21(18)26/h3-12,15-16H,2,13-14H2,1H3/b24-16+. The molecule has 0 aliphatic carbocycles. The van der Waals surface area contributed by atoms with Gasteiger partial charge in [0.1, 0.15) is 0 Å². The maximum atomic E-state index is 4.75. The maximum absolute atomic E-state index is 4.75. The minimum absolute atomic E-state index is 0.952. The van der Waals surface area contributed by atoms with Gasteiger partial charge in [0.05, 0.1) is 11.9 Å². The summed E-state index contributed by atoms with van der Waals surface area (Å²) >= 11 is 0. The number of benzene rings is 3. The molecule has 0 fully saturated rings. The molecule has 26 heavy (non-hydrogen) atoms. The van der Waals surface area contributed by atoms with Gasteiger partial charge in [-0.15, -0.1) is 0 Å². The van der Waals surface area contributed by atoms with Crippen molar-refractivity contribution >= 4 is 33.7 Å². The van der Waals surface area contributed by atoms with Crippen molar-refractivity contribution < 1.29 is 0 Å². The van der Waals surface area contributed by atoms with Gasteiger partial charge >= 0.3 is 0 Å². The number of hydrazone groups is 1. The fourth-order valence-electron chi connectivity index (χ4n) is 4.07. The Bertz CT molecular complexity index is 1140. The first-order valence-electron chi connectivity index (χ1n) is 9.25. The molecular formula is C23H21N3. The summed E-state index contributed by atoms with van der Waals surface area (Å²) in [5, 5.41) is 9.47. The van der Waals surface area contributed by atoms with E-state index in [1.807, 2.05) is 6.21 Å². The monoisotopic (exact) mass is 339 g/mol. The van der Waals surface area contributed by atoms with Crippen LogP contribution in [0.25, 0.3) is 21.8 Å². The van der Waals surface area contributed by atoms with Crippen molar-refractivity contribution in [2.24, 2.45) is 5.10 Å². The fourth-order valence-corrected chi connectivity index (χ4v) is 4.07. The van der Waals surface area contributed by atoms with Gasteiger partial charge in [0.2, 0.25) is 0 Å². The van der Waals surface area contributed by atoms with Crippen LogP contribution in [0.15, 0.2) is 71.8 Å². The van der Waals surface area contributed by atoms with E-state index in [0.717, 1.165) is 25.1 Å². The predicted molar refractivity (Wildman–Crippen MR) is 110 cm³/mol. The lowest BCUT2D eigenvalue weighted by Gasteiger charge is -2.12. The van der Waals surface area contributed by atoms with E-state index in [1.54, 1.807) is 0 Å². The van der Waals surface area contributed by atoms with Crippen LogP contribution in [-0.2, 0) is 13.0 Å². The summed E-state index contributed by atoms with van der Waals surface area (Å²) in [7, 11) is 0. The van der Waals surface area contributed by atoms with Gasteiger partial charge in [-0.05, 0) is 48.7 Å². The Labute approximate surface area is 153 Å². The molecule has 4 aromatic rings. The molecule has 1 aliphatic rings. The summed E-state index contributed by atoms with van der Waals surface area (Å²) in [6.45, 7) is 4.13. The molecule has 0 unspecified atom stereocenters. The van der Waals surface area contributed by atoms with Crippen LogP contribution in [0.5, 0.6) is 0 Å². The van der Waals surface area contributed by atoms with Crippen LogP contribution in [0.2, 0.25) is 0 Å². The number of fused-ring (bicyclic) bond motifs is 4. The van der Waals surface area contributed by atoms with Crippen molar-refractivity contribution in [2.45, 2.75) is 19.9 Å². The van der Waals surface area contributed by atoms with Crippen LogP contribution < -0.4 is 5.01 Å². The molecule has 1 aromatic heterocycles. The molecule has 128 valence electrons. The summed E-state index contributed by atoms with van der Waals surface area (Å²) in [6, 6.07) is 23.8. The van der Waals surface area contributed by atoms with Gasteiger partial charge in [-0.25, -0.2) is 0 Å². The molecule has 0 saturated carbocycles. The quantitative estimate of drug-likeness (QED) is 0.469. The Balaban J connectivity index is 1.55. The second-order valence-corrected chi connectivity index (χ2v) is 6.78. The number of para-hydroxylation sites is 2. The molecule has 0 N–H and O–H groups in total. The summed E-state index contributed by atoms with van der Waals surface area (Å²) in [6.07, 6.45) is 3.05. The molecule has 3 nitrogen and oxygen atoms in total. The molecule has 3 heteroatoms. The summed E-state index contributed by atoms with van der Waals surface area (Å²) < 4.78 is 2.38. The zero-order chi connectivity index (χ0) is 17.5. The minimum atomic E-state index is 0.952. The molecule has 0 atom stereocenters. The van der Waals surface area contributed by atoms with Gasteiger partial charge < -0.3 is 4.57 Å². The third kappa shape index (κ3) is 2.31. The molecule has 5 rings (SSSR count). The minimum Gasteiger partial charge on any atom is -0.341 e. The van der Waals surface area contributed by atoms with Crippen LogP contribution in [-0.4, -0.2) is 17.3 Å². The summed E-state index contributed by atoms with van der Waals surface area (Å²) in [5.41, 5.74) is 6.34. The number of anilines is 1. The van der Waals surface area contributed by atoms with Crippen LogP contribution in [0.1, 0.15) is 18.1 Å². The molecule has 2 heterocycles. The average Bonchev–Trinajstić information content (AvgIpc) is 3.25. The third-order valence-electron chi connectivity index (χ3n) is 5.32. The van der Waals surface area contributed by atoms with Crippen LogP contribution in [0.4, 0.5) is 5.69 Å². The molecule has 0 saturated heterocycles. The van der Waals surface area contributed by atoms with E-state index in [-0.39, 0.29) is 0 Å². The van der Waals surface area contributed by atoms with E-state index < -0.39 is 0 Å². The van der Waals surface area contributed by atoms with Gasteiger partial charge in [-0.3, -0.25) is 5.01 Å². The maximum Gasteiger partial charge on any atom is 0.0626 e. The lowest BCUT2D eigenvalue weighted by atomic mass is 10.1. The van der Waals surface area contributed by atoms with Crippen molar-refractivity contribution in [3.05, 3.63) is 77.9 Å². The lowest BCUT2D eigenvalue weighted by Crippen LogP contribution is -2.12. The summed E-state index contributed by atoms with van der Waals surface area (Å²) in [4.78, 5) is 0. The van der Waals surface area contributed by atoms with Gasteiger partial charge in [-0.2, -0.15) is 5.10 Å². The van der Waals surface area contributed by atoms with E-state index in [4.69, 9.17) is 5.10 Å². The zero-order valence-electron chi connectivity index (χ0n) is 14.9. The van der Waals surface area contributed by atoms with Crippen LogP contribution in [0, 0.1) is 0 Å². The van der Waals surface area contributed by atoms with Crippen molar-refractivity contribution in [1.82, 2.24) is 4.57 Å². The first kappa shape index (κ1) is 15.2. The molecule has 0 bridgehead atoms. The van der Waals surface area contributed by atoms with Crippen LogP contribution >= 0.6 is 0 Å². The number of nitrogens with zero attached hydrogens (tertiary/aromatic N) is 3. The molecule has 0 spiro atoms. The van der Waals surface area contributed by atoms with E-state index in [9.17, 15) is 0 Å². The van der Waals surface area contributed by atoms with Crippen molar-refractivity contribution in [1.29, 1.82) is 0 Å². The average molecular weight is 339 g/mol. The van der Waals surface area contributed by atoms with E-state index in [0.29, 0.717) is 0 Å². The topological polar surface area (TPSA) is 20.5 Å². The first-order valence-corrected chi connectivity index (χ1v) is 9.25. The SMILES string of the molecule is CCn1c2ccccc2c2cc(/C=N/N3CCc4ccccc43)ccc21. The Hall–Kier alpha value is -3.07. The highest BCUT2D eigenvalue weighted by Crippen LogP contribution is 2.30. The van der Waals surface area contributed by atoms with E-state index in [2.05, 4.69) is 83.2 Å². The smallest absolute Gasteiger partial charge is 0.0626 e. The van der Waals surface area contributed by atoms with Gasteiger partial charge in [0, 0.05) is 34.9 Å². The Kier molecular flexibility index (Phi) is 3.52. The van der Waals surface area contributed by atoms with Gasteiger partial charge in [0.15, 0.2) is 0 Å². The first-order chi connectivity index (χ1) is 12.8. The fraction of sp³-hybridized carbons (Fsp3) is 0.174. The normalized spacial score (nSPS) is 14.0. The Morgan fingerprint density at radius 3 is 2.65 bits per heavy atom. The second kappa shape index (κ2) is 6.03. The number of hydrogen-bond acceptors (Lipinski definition) is 2. The molecule has 3 aromatic carbocycles. The van der Waals surface area contributed by atoms with E-state index >= 15 is 0 Å². The molecule has 1 aliphatic heterocycles. The highest BCUT2D eigenvalue weighted by atomic mass is 15.5. The molecule has 0 amide bonds. The number of hydrogen-bond donors (Lipinski definition) is 0. The van der Waals surface area contributed by atoms with Crippen LogP contribution in [0.3, 0.4) is 0 Å². The molecule has 0 radical (unpaired) electrons. The van der Waals surface area contributed by atoms with Crippen molar-refractivity contribution in [3.8, 4) is 0 Å². The zero-order valence-corrected chi connectivity index (χ0v) is 14.9. The van der Waals surface area contributed by atoms with E-state index in [1.165, 1.54) is 33.1 Å². The third-order valence-corrected chi connectivity index (χ3v) is 5.32. The highest BCUT2D eigenvalue weighted by Gasteiger charge is 2.17. The number of aromatic nitrogens is 1. The van der Waals surface area contributed by atoms with Crippen molar-refractivity contribution in [3.63, 3.8) is 0 Å². The second-order valence-electron chi connectivity index (χ2n) is 6.78. The predicted octanol–water partition coefficient (Wildman–Crippen LogP) is 5.21. The number of aryl methyl sites for hydroxylation is 1. The van der Waals surface area contributed by atoms with Gasteiger partial charge in [-0.1, -0.05) is 42.5 Å². The lowest BCUT2D eigenvalue weighted by molar-refractivity contribution is 0.827. The largest absolute Gasteiger partial charge is 0.341 e. The Morgan fingerprint density at radius 2 is 1.73 bits per heavy atom. The Morgan fingerprint density at radius 1 is 0.923 bits per heavy atom. The summed E-state index contributed by atoms with van der Waals surface area (Å²) in [5.74, 6) is 0. The number of rotatable bonds is 3. The molecular weight excluding hydrogens is 318 g/mol. The van der Waals surface area contributed by atoms with Gasteiger partial charge in [0.25, 0.3) is 0 Å². The highest BCUT2D eigenvalue weighted by molar-refractivity contribution is 6.09. The van der Waals surface area contributed by atoms with Crippen molar-refractivity contribution in [2.75, 3.05) is 11.6 Å².